The summed E-state index contributed by atoms with van der Waals surface area (Å²) in [6.45, 7) is 1.31. The van der Waals surface area contributed by atoms with Gasteiger partial charge in [-0.3, -0.25) is 19.5 Å². The Kier molecular flexibility index (Phi) is 3.80. The zero-order chi connectivity index (χ0) is 14.1. The summed E-state index contributed by atoms with van der Waals surface area (Å²) in [4.78, 5) is 30.0. The van der Waals surface area contributed by atoms with E-state index in [1.54, 1.807) is 4.90 Å². The number of halogens is 1. The Morgan fingerprint density at radius 3 is 3.05 bits per heavy atom. The third-order valence-corrected chi connectivity index (χ3v) is 5.01. The number of benzene rings is 1. The minimum absolute atomic E-state index is 0.00599. The smallest absolute Gasteiger partial charge is 0.242 e. The molecule has 0 spiro atoms. The fraction of sp³-hybridized carbons (Fsp3) is 0.308. The van der Waals surface area contributed by atoms with E-state index in [0.717, 1.165) is 9.64 Å². The lowest BCUT2D eigenvalue weighted by Crippen LogP contribution is -2.32. The van der Waals surface area contributed by atoms with Gasteiger partial charge in [0.2, 0.25) is 11.8 Å². The topological polar surface area (TPSA) is 61.8 Å². The Labute approximate surface area is 128 Å². The number of aliphatic imine (C=N–C) groups is 1. The van der Waals surface area contributed by atoms with Crippen LogP contribution in [0.2, 0.25) is 0 Å². The summed E-state index contributed by atoms with van der Waals surface area (Å²) in [5.74, 6) is -0.168. The van der Waals surface area contributed by atoms with Gasteiger partial charge in [-0.2, -0.15) is 0 Å². The van der Waals surface area contributed by atoms with E-state index in [4.69, 9.17) is 0 Å². The first-order valence-electron chi connectivity index (χ1n) is 6.22. The molecule has 20 heavy (non-hydrogen) atoms. The molecule has 3 rings (SSSR count). The first kappa shape index (κ1) is 13.6. The molecule has 104 valence electrons. The molecule has 1 aromatic rings. The van der Waals surface area contributed by atoms with E-state index < -0.39 is 0 Å². The first-order valence-corrected chi connectivity index (χ1v) is 7.89. The largest absolute Gasteiger partial charge is 0.325 e. The highest BCUT2D eigenvalue weighted by molar-refractivity contribution is 9.10. The number of nitrogens with zero attached hydrogens (tertiary/aromatic N) is 2. The van der Waals surface area contributed by atoms with E-state index in [2.05, 4.69) is 26.2 Å². The molecule has 1 aromatic carbocycles. The van der Waals surface area contributed by atoms with Crippen LogP contribution in [0.5, 0.6) is 0 Å². The monoisotopic (exact) mass is 353 g/mol. The van der Waals surface area contributed by atoms with Gasteiger partial charge in [0, 0.05) is 17.4 Å². The Bertz CT molecular complexity index is 605. The van der Waals surface area contributed by atoms with Crippen LogP contribution in [-0.2, 0) is 9.59 Å². The molecule has 0 radical (unpaired) electrons. The predicted molar refractivity (Wildman–Crippen MR) is 82.8 cm³/mol. The van der Waals surface area contributed by atoms with Crippen molar-refractivity contribution < 1.29 is 9.59 Å². The highest BCUT2D eigenvalue weighted by atomic mass is 79.9. The molecule has 0 aromatic heterocycles. The van der Waals surface area contributed by atoms with Crippen molar-refractivity contribution in [2.75, 3.05) is 18.4 Å². The summed E-state index contributed by atoms with van der Waals surface area (Å²) >= 11 is 4.76. The lowest BCUT2D eigenvalue weighted by atomic mass is 10.2. The summed E-state index contributed by atoms with van der Waals surface area (Å²) in [5, 5.41) is 3.22. The van der Waals surface area contributed by atoms with E-state index in [1.807, 2.05) is 24.3 Å². The maximum absolute atomic E-state index is 12.1. The number of carbonyl (C=O) groups excluding carboxylic acids is 2. The molecule has 1 saturated heterocycles. The molecule has 0 saturated carbocycles. The van der Waals surface area contributed by atoms with Gasteiger partial charge in [-0.15, -0.1) is 0 Å². The van der Waals surface area contributed by atoms with Crippen molar-refractivity contribution in [3.05, 3.63) is 28.7 Å². The quantitative estimate of drug-likeness (QED) is 0.904. The van der Waals surface area contributed by atoms with E-state index in [-0.39, 0.29) is 23.5 Å². The second kappa shape index (κ2) is 5.57. The fourth-order valence-electron chi connectivity index (χ4n) is 2.14. The molecule has 2 aliphatic rings. The van der Waals surface area contributed by atoms with Gasteiger partial charge in [0.25, 0.3) is 0 Å². The van der Waals surface area contributed by atoms with E-state index in [0.29, 0.717) is 18.8 Å². The van der Waals surface area contributed by atoms with E-state index in [1.165, 1.54) is 11.8 Å². The number of anilines is 1. The third kappa shape index (κ3) is 2.60. The summed E-state index contributed by atoms with van der Waals surface area (Å²) in [6, 6.07) is 7.40. The van der Waals surface area contributed by atoms with E-state index >= 15 is 0 Å². The maximum Gasteiger partial charge on any atom is 0.242 e. The lowest BCUT2D eigenvalue weighted by Gasteiger charge is -2.11. The molecule has 1 atom stereocenters. The molecule has 2 heterocycles. The van der Waals surface area contributed by atoms with Gasteiger partial charge < -0.3 is 5.32 Å². The Hall–Kier alpha value is -1.34. The highest BCUT2D eigenvalue weighted by Crippen LogP contribution is 2.32. The van der Waals surface area contributed by atoms with Crippen molar-refractivity contribution in [2.24, 2.45) is 4.99 Å². The molecule has 1 fully saturated rings. The summed E-state index contributed by atoms with van der Waals surface area (Å²) in [7, 11) is 0. The lowest BCUT2D eigenvalue weighted by molar-refractivity contribution is -0.127. The number of amides is 2. The number of fused-ring (bicyclic) bond motifs is 1. The average Bonchev–Trinajstić information content (AvgIpc) is 2.97. The van der Waals surface area contributed by atoms with Crippen LogP contribution in [0.15, 0.2) is 33.7 Å². The van der Waals surface area contributed by atoms with Crippen LogP contribution < -0.4 is 5.32 Å². The highest BCUT2D eigenvalue weighted by Gasteiger charge is 2.40. The van der Waals surface area contributed by atoms with Crippen molar-refractivity contribution in [3.8, 4) is 0 Å². The Balaban J connectivity index is 1.63. The van der Waals surface area contributed by atoms with Crippen LogP contribution in [0.4, 0.5) is 5.69 Å². The number of rotatable bonds is 3. The maximum atomic E-state index is 12.1. The predicted octanol–water partition coefficient (Wildman–Crippen LogP) is 2.09. The van der Waals surface area contributed by atoms with Gasteiger partial charge in [0.15, 0.2) is 5.17 Å². The van der Waals surface area contributed by atoms with Crippen LogP contribution in [0, 0.1) is 0 Å². The van der Waals surface area contributed by atoms with Crippen molar-refractivity contribution in [2.45, 2.75) is 11.7 Å². The molecule has 0 unspecified atom stereocenters. The Morgan fingerprint density at radius 1 is 1.50 bits per heavy atom. The molecular weight excluding hydrogens is 342 g/mol. The number of para-hydroxylation sites is 1. The Morgan fingerprint density at radius 2 is 2.30 bits per heavy atom. The normalized spacial score (nSPS) is 20.9. The summed E-state index contributed by atoms with van der Waals surface area (Å²) in [5.41, 5.74) is 0.714. The molecule has 1 N–H and O–H groups in total. The second-order valence-electron chi connectivity index (χ2n) is 4.49. The third-order valence-electron chi connectivity index (χ3n) is 3.11. The first-order chi connectivity index (χ1) is 9.65. The van der Waals surface area contributed by atoms with Crippen LogP contribution in [0.1, 0.15) is 6.42 Å². The molecule has 0 bridgehead atoms. The van der Waals surface area contributed by atoms with Gasteiger partial charge >= 0.3 is 0 Å². The molecule has 0 aliphatic carbocycles. The second-order valence-corrected chi connectivity index (χ2v) is 6.52. The minimum atomic E-state index is -0.350. The molecular formula is C13H12BrN3O2S. The van der Waals surface area contributed by atoms with Crippen LogP contribution in [0.25, 0.3) is 0 Å². The zero-order valence-electron chi connectivity index (χ0n) is 10.5. The SMILES string of the molecule is O=C(C[C@@H]1SC2=NCCN2C1=O)Nc1ccccc1Br. The van der Waals surface area contributed by atoms with Crippen LogP contribution in [0.3, 0.4) is 0 Å². The van der Waals surface area contributed by atoms with Crippen molar-refractivity contribution in [3.63, 3.8) is 0 Å². The van der Waals surface area contributed by atoms with Crippen molar-refractivity contribution in [1.29, 1.82) is 0 Å². The van der Waals surface area contributed by atoms with E-state index in [9.17, 15) is 9.59 Å². The molecule has 2 aliphatic heterocycles. The van der Waals surface area contributed by atoms with Gasteiger partial charge in [-0.1, -0.05) is 23.9 Å². The van der Waals surface area contributed by atoms with Gasteiger partial charge in [-0.05, 0) is 28.1 Å². The van der Waals surface area contributed by atoms with Crippen molar-refractivity contribution in [1.82, 2.24) is 4.90 Å². The minimum Gasteiger partial charge on any atom is -0.325 e. The number of carbonyl (C=O) groups is 2. The zero-order valence-corrected chi connectivity index (χ0v) is 12.9. The number of amidine groups is 1. The molecule has 2 amide bonds. The van der Waals surface area contributed by atoms with Crippen LogP contribution >= 0.6 is 27.7 Å². The van der Waals surface area contributed by atoms with Crippen molar-refractivity contribution >= 4 is 50.4 Å². The average molecular weight is 354 g/mol. The summed E-state index contributed by atoms with van der Waals surface area (Å²) in [6.07, 6.45) is 0.167. The van der Waals surface area contributed by atoms with Crippen LogP contribution in [-0.4, -0.2) is 40.2 Å². The van der Waals surface area contributed by atoms with Gasteiger partial charge in [0.1, 0.15) is 5.25 Å². The van der Waals surface area contributed by atoms with Gasteiger partial charge in [-0.25, -0.2) is 0 Å². The molecule has 7 heteroatoms. The fourth-order valence-corrected chi connectivity index (χ4v) is 3.72. The number of nitrogens with one attached hydrogen (secondary N) is 1. The molecule has 5 nitrogen and oxygen atoms in total. The number of hydrogen-bond acceptors (Lipinski definition) is 4. The standard InChI is InChI=1S/C13H12BrN3O2S/c14-8-3-1-2-4-9(8)16-11(18)7-10-12(19)17-6-5-15-13(17)20-10/h1-4,10H,5-7H2,(H,16,18)/t10-/m0/s1. The number of hydrogen-bond donors (Lipinski definition) is 1. The van der Waals surface area contributed by atoms with Gasteiger partial charge in [0.05, 0.1) is 12.2 Å². The number of thioether (sulfide) groups is 1. The summed E-state index contributed by atoms with van der Waals surface area (Å²) < 4.78 is 0.823.